The molecule has 34 heavy (non-hydrogen) atoms. The van der Waals surface area contributed by atoms with Gasteiger partial charge in [-0.3, -0.25) is 9.59 Å². The molecule has 0 aliphatic rings. The number of nitrogens with one attached hydrogen (secondary N) is 1. The summed E-state index contributed by atoms with van der Waals surface area (Å²) in [4.78, 5) is 28.2. The molecule has 0 radical (unpaired) electrons. The number of carbonyl (C=O) groups excluding carboxylic acids is 2. The van der Waals surface area contributed by atoms with E-state index in [-0.39, 0.29) is 30.8 Å². The van der Waals surface area contributed by atoms with E-state index in [1.54, 1.807) is 37.3 Å². The second kappa shape index (κ2) is 13.4. The minimum Gasteiger partial charge on any atom is -0.493 e. The lowest BCUT2D eigenvalue weighted by atomic mass is 10.0. The monoisotopic (exact) mass is 508 g/mol. The Balaban J connectivity index is 2.30. The fourth-order valence-electron chi connectivity index (χ4n) is 3.65. The molecule has 186 valence electrons. The van der Waals surface area contributed by atoms with Crippen molar-refractivity contribution < 1.29 is 19.1 Å². The van der Waals surface area contributed by atoms with E-state index in [4.69, 9.17) is 32.7 Å². The number of hydrogen-bond acceptors (Lipinski definition) is 4. The number of carbonyl (C=O) groups is 2. The van der Waals surface area contributed by atoms with E-state index in [1.807, 2.05) is 39.0 Å². The summed E-state index contributed by atoms with van der Waals surface area (Å²) in [6.45, 7) is 5.99. The first-order valence-corrected chi connectivity index (χ1v) is 12.2. The van der Waals surface area contributed by atoms with E-state index >= 15 is 0 Å². The van der Waals surface area contributed by atoms with Crippen LogP contribution in [0.15, 0.2) is 36.4 Å². The Morgan fingerprint density at radius 1 is 1.00 bits per heavy atom. The average molecular weight is 509 g/mol. The molecule has 0 fully saturated rings. The first-order chi connectivity index (χ1) is 16.2. The lowest BCUT2D eigenvalue weighted by Crippen LogP contribution is -2.50. The van der Waals surface area contributed by atoms with Crippen molar-refractivity contribution in [3.8, 4) is 11.5 Å². The van der Waals surface area contributed by atoms with Gasteiger partial charge in [-0.1, -0.05) is 49.2 Å². The van der Waals surface area contributed by atoms with E-state index in [0.29, 0.717) is 39.9 Å². The van der Waals surface area contributed by atoms with Gasteiger partial charge in [0.2, 0.25) is 11.8 Å². The van der Waals surface area contributed by atoms with E-state index < -0.39 is 6.04 Å². The van der Waals surface area contributed by atoms with Crippen molar-refractivity contribution in [2.45, 2.75) is 65.1 Å². The van der Waals surface area contributed by atoms with Crippen LogP contribution in [0.25, 0.3) is 0 Å². The molecule has 8 heteroatoms. The van der Waals surface area contributed by atoms with Gasteiger partial charge in [-0.05, 0) is 56.0 Å². The van der Waals surface area contributed by atoms with E-state index in [2.05, 4.69) is 5.32 Å². The first-order valence-electron chi connectivity index (χ1n) is 11.5. The maximum absolute atomic E-state index is 13.5. The number of aryl methyl sites for hydroxylation is 1. The minimum absolute atomic E-state index is 0.00849. The Morgan fingerprint density at radius 3 is 2.21 bits per heavy atom. The van der Waals surface area contributed by atoms with Crippen LogP contribution in [0.5, 0.6) is 11.5 Å². The zero-order valence-corrected chi connectivity index (χ0v) is 22.0. The third kappa shape index (κ3) is 7.28. The highest BCUT2D eigenvalue weighted by Gasteiger charge is 2.30. The molecule has 2 aromatic carbocycles. The highest BCUT2D eigenvalue weighted by atomic mass is 35.5. The molecule has 0 unspecified atom stereocenters. The van der Waals surface area contributed by atoms with Crippen molar-refractivity contribution >= 4 is 35.0 Å². The number of rotatable bonds is 12. The van der Waals surface area contributed by atoms with Gasteiger partial charge in [0.15, 0.2) is 11.5 Å². The van der Waals surface area contributed by atoms with Crippen LogP contribution in [0.1, 0.15) is 51.2 Å². The number of methoxy groups -OCH3 is 2. The second-order valence-electron chi connectivity index (χ2n) is 8.15. The predicted molar refractivity (Wildman–Crippen MR) is 137 cm³/mol. The smallest absolute Gasteiger partial charge is 0.243 e. The fourth-order valence-corrected chi connectivity index (χ4v) is 4.16. The van der Waals surface area contributed by atoms with Crippen molar-refractivity contribution in [2.24, 2.45) is 0 Å². The molecule has 2 atom stereocenters. The lowest BCUT2D eigenvalue weighted by molar-refractivity contribution is -0.141. The van der Waals surface area contributed by atoms with Crippen molar-refractivity contribution in [1.29, 1.82) is 0 Å². The van der Waals surface area contributed by atoms with Crippen LogP contribution in [-0.4, -0.2) is 43.0 Å². The minimum atomic E-state index is -0.640. The largest absolute Gasteiger partial charge is 0.493 e. The Bertz CT molecular complexity index is 963. The maximum atomic E-state index is 13.5. The lowest BCUT2D eigenvalue weighted by Gasteiger charge is -2.32. The Kier molecular flexibility index (Phi) is 11.0. The Hall–Kier alpha value is -2.44. The van der Waals surface area contributed by atoms with Crippen LogP contribution >= 0.6 is 23.2 Å². The van der Waals surface area contributed by atoms with Crippen molar-refractivity contribution in [3.05, 3.63) is 57.6 Å². The Labute approximate surface area is 212 Å². The van der Waals surface area contributed by atoms with Gasteiger partial charge in [0.05, 0.1) is 14.2 Å². The SMILES string of the molecule is CC[C@@H](C)NC(=O)[C@H](CC)N(Cc1c(Cl)cccc1Cl)C(=O)CCc1ccc(OC)c(OC)c1. The summed E-state index contributed by atoms with van der Waals surface area (Å²) in [5.41, 5.74) is 1.55. The summed E-state index contributed by atoms with van der Waals surface area (Å²) in [5, 5.41) is 3.92. The third-order valence-electron chi connectivity index (χ3n) is 5.85. The highest BCUT2D eigenvalue weighted by molar-refractivity contribution is 6.36. The van der Waals surface area contributed by atoms with Gasteiger partial charge in [0.25, 0.3) is 0 Å². The van der Waals surface area contributed by atoms with Crippen molar-refractivity contribution in [2.75, 3.05) is 14.2 Å². The molecular formula is C26H34Cl2N2O4. The van der Waals surface area contributed by atoms with Crippen molar-refractivity contribution in [1.82, 2.24) is 10.2 Å². The van der Waals surface area contributed by atoms with Gasteiger partial charge in [-0.15, -0.1) is 0 Å². The van der Waals surface area contributed by atoms with Crippen LogP contribution in [0.2, 0.25) is 10.0 Å². The molecule has 0 spiro atoms. The topological polar surface area (TPSA) is 67.9 Å². The number of ether oxygens (including phenoxy) is 2. The molecule has 0 saturated heterocycles. The fraction of sp³-hybridized carbons (Fsp3) is 0.462. The van der Waals surface area contributed by atoms with E-state index in [0.717, 1.165) is 12.0 Å². The molecular weight excluding hydrogens is 475 g/mol. The third-order valence-corrected chi connectivity index (χ3v) is 6.56. The zero-order chi connectivity index (χ0) is 25.3. The molecule has 0 aliphatic carbocycles. The standard InChI is InChI=1S/C26H34Cl2N2O4/c1-6-17(3)29-26(32)22(7-2)30(16-19-20(27)9-8-10-21(19)28)25(31)14-12-18-11-13-23(33-4)24(15-18)34-5/h8-11,13,15,17,22H,6-7,12,14,16H2,1-5H3,(H,29,32)/t17-,22+/m1/s1. The summed E-state index contributed by atoms with van der Waals surface area (Å²) in [6.07, 6.45) is 1.96. The molecule has 6 nitrogen and oxygen atoms in total. The zero-order valence-electron chi connectivity index (χ0n) is 20.5. The highest BCUT2D eigenvalue weighted by Crippen LogP contribution is 2.29. The summed E-state index contributed by atoms with van der Waals surface area (Å²) >= 11 is 12.8. The average Bonchev–Trinajstić information content (AvgIpc) is 2.83. The number of halogens is 2. The van der Waals surface area contributed by atoms with E-state index in [9.17, 15) is 9.59 Å². The first kappa shape index (κ1) is 27.8. The number of amides is 2. The predicted octanol–water partition coefficient (Wildman–Crippen LogP) is 5.67. The molecule has 0 aliphatic heterocycles. The van der Waals surface area contributed by atoms with Gasteiger partial charge < -0.3 is 19.7 Å². The van der Waals surface area contributed by atoms with Crippen LogP contribution in [-0.2, 0) is 22.6 Å². The van der Waals surface area contributed by atoms with Gasteiger partial charge >= 0.3 is 0 Å². The Morgan fingerprint density at radius 2 is 1.65 bits per heavy atom. The van der Waals surface area contributed by atoms with Crippen LogP contribution in [0, 0.1) is 0 Å². The van der Waals surface area contributed by atoms with Gasteiger partial charge in [0, 0.05) is 34.6 Å². The summed E-state index contributed by atoms with van der Waals surface area (Å²) in [7, 11) is 3.15. The number of hydrogen-bond donors (Lipinski definition) is 1. The van der Waals surface area contributed by atoms with Crippen LogP contribution in [0.3, 0.4) is 0 Å². The van der Waals surface area contributed by atoms with Gasteiger partial charge in [0.1, 0.15) is 6.04 Å². The van der Waals surface area contributed by atoms with Gasteiger partial charge in [-0.25, -0.2) is 0 Å². The molecule has 1 N–H and O–H groups in total. The van der Waals surface area contributed by atoms with Crippen LogP contribution < -0.4 is 14.8 Å². The van der Waals surface area contributed by atoms with E-state index in [1.165, 1.54) is 0 Å². The molecule has 0 aromatic heterocycles. The maximum Gasteiger partial charge on any atom is 0.243 e. The van der Waals surface area contributed by atoms with Crippen molar-refractivity contribution in [3.63, 3.8) is 0 Å². The normalized spacial score (nSPS) is 12.6. The second-order valence-corrected chi connectivity index (χ2v) is 8.97. The van der Waals surface area contributed by atoms with Gasteiger partial charge in [-0.2, -0.15) is 0 Å². The summed E-state index contributed by atoms with van der Waals surface area (Å²) < 4.78 is 10.7. The summed E-state index contributed by atoms with van der Waals surface area (Å²) in [6, 6.07) is 10.2. The molecule has 2 rings (SSSR count). The molecule has 0 heterocycles. The molecule has 0 saturated carbocycles. The molecule has 2 amide bonds. The molecule has 2 aromatic rings. The quantitative estimate of drug-likeness (QED) is 0.401. The summed E-state index contributed by atoms with van der Waals surface area (Å²) in [5.74, 6) is 0.892. The molecule has 0 bridgehead atoms. The number of nitrogens with zero attached hydrogens (tertiary/aromatic N) is 1. The van der Waals surface area contributed by atoms with Crippen LogP contribution in [0.4, 0.5) is 0 Å². The number of benzene rings is 2.